The highest BCUT2D eigenvalue weighted by atomic mass is 16.5. The summed E-state index contributed by atoms with van der Waals surface area (Å²) < 4.78 is 5.37. The lowest BCUT2D eigenvalue weighted by atomic mass is 10.0. The Morgan fingerprint density at radius 1 is 1.52 bits per heavy atom. The third-order valence-corrected chi connectivity index (χ3v) is 3.63. The van der Waals surface area contributed by atoms with Gasteiger partial charge in [0, 0.05) is 18.2 Å². The molecule has 2 aromatic heterocycles. The third-order valence-electron chi connectivity index (χ3n) is 3.63. The summed E-state index contributed by atoms with van der Waals surface area (Å²) >= 11 is 0. The average molecular weight is 286 g/mol. The third kappa shape index (κ3) is 3.11. The van der Waals surface area contributed by atoms with Gasteiger partial charge in [0.15, 0.2) is 0 Å². The van der Waals surface area contributed by atoms with Crippen LogP contribution < -0.4 is 5.32 Å². The van der Waals surface area contributed by atoms with Crippen LogP contribution in [0.1, 0.15) is 39.8 Å². The quantitative estimate of drug-likeness (QED) is 0.893. The van der Waals surface area contributed by atoms with Crippen LogP contribution >= 0.6 is 0 Å². The Balaban J connectivity index is 1.67. The molecule has 1 aliphatic rings. The molecule has 0 radical (unpaired) electrons. The van der Waals surface area contributed by atoms with Crippen molar-refractivity contribution in [1.82, 2.24) is 20.5 Å². The van der Waals surface area contributed by atoms with Gasteiger partial charge in [0.2, 0.25) is 0 Å². The number of aromatic amines is 1. The number of ether oxygens (including phenoxy) is 1. The molecule has 2 N–H and O–H groups in total. The van der Waals surface area contributed by atoms with Gasteiger partial charge in [-0.05, 0) is 25.5 Å². The van der Waals surface area contributed by atoms with E-state index >= 15 is 0 Å². The van der Waals surface area contributed by atoms with Gasteiger partial charge < -0.3 is 10.1 Å². The number of hydrogen-bond donors (Lipinski definition) is 2. The summed E-state index contributed by atoms with van der Waals surface area (Å²) in [7, 11) is 0. The molecule has 0 bridgehead atoms. The van der Waals surface area contributed by atoms with Gasteiger partial charge in [-0.25, -0.2) is 0 Å². The van der Waals surface area contributed by atoms with Gasteiger partial charge >= 0.3 is 0 Å². The second kappa shape index (κ2) is 6.05. The second-order valence-electron chi connectivity index (χ2n) is 5.21. The van der Waals surface area contributed by atoms with E-state index in [-0.39, 0.29) is 11.8 Å². The Kier molecular flexibility index (Phi) is 3.96. The summed E-state index contributed by atoms with van der Waals surface area (Å²) in [5.74, 6) is 0.0966. The smallest absolute Gasteiger partial charge is 0.255 e. The first-order valence-corrected chi connectivity index (χ1v) is 7.06. The van der Waals surface area contributed by atoms with Crippen molar-refractivity contribution in [2.75, 3.05) is 13.2 Å². The molecule has 1 fully saturated rings. The minimum atomic E-state index is -0.131. The standard InChI is InChI=1S/C15H18N4O2/c1-10-3-2-4-12(18-10)7-16-15(20)13-8-17-19-14(13)11-5-6-21-9-11/h2-4,8,11H,5-7,9H2,1H3,(H,16,20)(H,17,19). The monoisotopic (exact) mass is 286 g/mol. The van der Waals surface area contributed by atoms with Crippen LogP contribution in [0.5, 0.6) is 0 Å². The largest absolute Gasteiger partial charge is 0.381 e. The van der Waals surface area contributed by atoms with Gasteiger partial charge in [-0.3, -0.25) is 14.9 Å². The van der Waals surface area contributed by atoms with Crippen molar-refractivity contribution >= 4 is 5.91 Å². The maximum Gasteiger partial charge on any atom is 0.255 e. The maximum absolute atomic E-state index is 12.3. The number of rotatable bonds is 4. The Labute approximate surface area is 122 Å². The minimum Gasteiger partial charge on any atom is -0.381 e. The summed E-state index contributed by atoms with van der Waals surface area (Å²) in [4.78, 5) is 16.7. The van der Waals surface area contributed by atoms with E-state index in [1.165, 1.54) is 0 Å². The highest BCUT2D eigenvalue weighted by Gasteiger charge is 2.25. The van der Waals surface area contributed by atoms with E-state index in [9.17, 15) is 4.79 Å². The minimum absolute atomic E-state index is 0.131. The molecule has 3 heterocycles. The van der Waals surface area contributed by atoms with E-state index in [1.807, 2.05) is 25.1 Å². The molecule has 1 atom stereocenters. The summed E-state index contributed by atoms with van der Waals surface area (Å²) in [5, 5.41) is 9.82. The summed E-state index contributed by atoms with van der Waals surface area (Å²) in [6, 6.07) is 5.76. The fourth-order valence-electron chi connectivity index (χ4n) is 2.51. The molecule has 110 valence electrons. The maximum atomic E-state index is 12.3. The highest BCUT2D eigenvalue weighted by molar-refractivity contribution is 5.95. The Morgan fingerprint density at radius 3 is 3.19 bits per heavy atom. The SMILES string of the molecule is Cc1cccc(CNC(=O)c2cn[nH]c2C2CCOC2)n1. The number of pyridine rings is 1. The van der Waals surface area contributed by atoms with E-state index in [0.29, 0.717) is 18.7 Å². The van der Waals surface area contributed by atoms with Crippen LogP contribution in [-0.4, -0.2) is 34.3 Å². The number of carbonyl (C=O) groups excluding carboxylic acids is 1. The van der Waals surface area contributed by atoms with E-state index in [2.05, 4.69) is 20.5 Å². The van der Waals surface area contributed by atoms with Crippen LogP contribution in [0.4, 0.5) is 0 Å². The molecular formula is C15H18N4O2. The van der Waals surface area contributed by atoms with Crippen LogP contribution in [0.2, 0.25) is 0 Å². The summed E-state index contributed by atoms with van der Waals surface area (Å²) in [5.41, 5.74) is 3.24. The van der Waals surface area contributed by atoms with Gasteiger partial charge in [0.25, 0.3) is 5.91 Å². The van der Waals surface area contributed by atoms with Crippen molar-refractivity contribution in [1.29, 1.82) is 0 Å². The first kappa shape index (κ1) is 13.8. The lowest BCUT2D eigenvalue weighted by Gasteiger charge is -2.09. The second-order valence-corrected chi connectivity index (χ2v) is 5.21. The van der Waals surface area contributed by atoms with Gasteiger partial charge in [0.05, 0.1) is 36.3 Å². The number of carbonyl (C=O) groups is 1. The number of aromatic nitrogens is 3. The van der Waals surface area contributed by atoms with Gasteiger partial charge in [0.1, 0.15) is 0 Å². The molecule has 1 unspecified atom stereocenters. The summed E-state index contributed by atoms with van der Waals surface area (Å²) in [6.45, 7) is 3.71. The molecule has 6 nitrogen and oxygen atoms in total. The zero-order chi connectivity index (χ0) is 14.7. The average Bonchev–Trinajstić information content (AvgIpc) is 3.14. The zero-order valence-electron chi connectivity index (χ0n) is 11.9. The van der Waals surface area contributed by atoms with Crippen LogP contribution in [0.25, 0.3) is 0 Å². The molecular weight excluding hydrogens is 268 g/mol. The Bertz CT molecular complexity index is 632. The fourth-order valence-corrected chi connectivity index (χ4v) is 2.51. The molecule has 0 aliphatic carbocycles. The fraction of sp³-hybridized carbons (Fsp3) is 0.400. The Hall–Kier alpha value is -2.21. The molecule has 0 spiro atoms. The number of amides is 1. The van der Waals surface area contributed by atoms with Crippen LogP contribution in [-0.2, 0) is 11.3 Å². The lowest BCUT2D eigenvalue weighted by molar-refractivity contribution is 0.0949. The molecule has 6 heteroatoms. The van der Waals surface area contributed by atoms with Crippen LogP contribution in [0.15, 0.2) is 24.4 Å². The van der Waals surface area contributed by atoms with Crippen LogP contribution in [0.3, 0.4) is 0 Å². The van der Waals surface area contributed by atoms with E-state index in [0.717, 1.165) is 30.1 Å². The molecule has 1 saturated heterocycles. The Morgan fingerprint density at radius 2 is 2.43 bits per heavy atom. The molecule has 21 heavy (non-hydrogen) atoms. The van der Waals surface area contributed by atoms with Crippen molar-refractivity contribution in [2.45, 2.75) is 25.8 Å². The highest BCUT2D eigenvalue weighted by Crippen LogP contribution is 2.25. The predicted molar refractivity (Wildman–Crippen MR) is 76.9 cm³/mol. The van der Waals surface area contributed by atoms with Gasteiger partial charge in [-0.15, -0.1) is 0 Å². The van der Waals surface area contributed by atoms with Crippen molar-refractivity contribution in [3.05, 3.63) is 47.0 Å². The molecule has 0 saturated carbocycles. The number of H-pyrrole nitrogens is 1. The van der Waals surface area contributed by atoms with E-state index in [1.54, 1.807) is 6.20 Å². The zero-order valence-corrected chi connectivity index (χ0v) is 11.9. The number of aryl methyl sites for hydroxylation is 1. The van der Waals surface area contributed by atoms with Crippen molar-refractivity contribution in [3.8, 4) is 0 Å². The van der Waals surface area contributed by atoms with Crippen molar-refractivity contribution < 1.29 is 9.53 Å². The first-order chi connectivity index (χ1) is 10.2. The van der Waals surface area contributed by atoms with Crippen molar-refractivity contribution in [2.24, 2.45) is 0 Å². The number of nitrogens with one attached hydrogen (secondary N) is 2. The number of hydrogen-bond acceptors (Lipinski definition) is 4. The van der Waals surface area contributed by atoms with Gasteiger partial charge in [-0.2, -0.15) is 5.10 Å². The normalized spacial score (nSPS) is 17.9. The predicted octanol–water partition coefficient (Wildman–Crippen LogP) is 1.55. The van der Waals surface area contributed by atoms with Crippen molar-refractivity contribution in [3.63, 3.8) is 0 Å². The topological polar surface area (TPSA) is 79.9 Å². The molecule has 1 amide bonds. The van der Waals surface area contributed by atoms with Crippen LogP contribution in [0, 0.1) is 6.92 Å². The van der Waals surface area contributed by atoms with E-state index < -0.39 is 0 Å². The van der Waals surface area contributed by atoms with E-state index in [4.69, 9.17) is 4.74 Å². The molecule has 3 rings (SSSR count). The molecule has 2 aromatic rings. The molecule has 1 aliphatic heterocycles. The molecule has 0 aromatic carbocycles. The number of nitrogens with zero attached hydrogens (tertiary/aromatic N) is 2. The first-order valence-electron chi connectivity index (χ1n) is 7.06. The lowest BCUT2D eigenvalue weighted by Crippen LogP contribution is -2.24. The summed E-state index contributed by atoms with van der Waals surface area (Å²) in [6.07, 6.45) is 2.49. The van der Waals surface area contributed by atoms with Gasteiger partial charge in [-0.1, -0.05) is 6.07 Å².